The summed E-state index contributed by atoms with van der Waals surface area (Å²) < 4.78 is 16.1. The molecule has 0 radical (unpaired) electrons. The molecule has 0 bridgehead atoms. The molecule has 0 aliphatic rings. The Morgan fingerprint density at radius 3 is 2.47 bits per heavy atom. The van der Waals surface area contributed by atoms with Crippen molar-refractivity contribution in [3.05, 3.63) is 89.0 Å². The topological polar surface area (TPSA) is 73.9 Å². The van der Waals surface area contributed by atoms with Crippen LogP contribution in [0.4, 0.5) is 5.69 Å². The molecule has 6 nitrogen and oxygen atoms in total. The molecule has 3 aromatic rings. The summed E-state index contributed by atoms with van der Waals surface area (Å²) >= 11 is 6.41. The van der Waals surface area contributed by atoms with Gasteiger partial charge in [0.25, 0.3) is 0 Å². The number of anilines is 1. The van der Waals surface area contributed by atoms with E-state index in [9.17, 15) is 9.59 Å². The van der Waals surface area contributed by atoms with Crippen molar-refractivity contribution in [2.45, 2.75) is 13.5 Å². The summed E-state index contributed by atoms with van der Waals surface area (Å²) in [5, 5.41) is 3.05. The summed E-state index contributed by atoms with van der Waals surface area (Å²) in [6.45, 7) is 1.66. The number of benzene rings is 3. The van der Waals surface area contributed by atoms with E-state index in [0.717, 1.165) is 5.56 Å². The molecule has 0 saturated heterocycles. The van der Waals surface area contributed by atoms with Crippen LogP contribution in [0.5, 0.6) is 17.2 Å². The van der Waals surface area contributed by atoms with Crippen molar-refractivity contribution in [1.82, 2.24) is 0 Å². The van der Waals surface area contributed by atoms with Gasteiger partial charge >= 0.3 is 5.97 Å². The normalized spacial score (nSPS) is 10.6. The van der Waals surface area contributed by atoms with E-state index in [1.54, 1.807) is 42.5 Å². The van der Waals surface area contributed by atoms with Gasteiger partial charge in [0.05, 0.1) is 12.8 Å². The lowest BCUT2D eigenvalue weighted by Gasteiger charge is -2.11. The number of hydrogen-bond acceptors (Lipinski definition) is 5. The molecule has 1 N–H and O–H groups in total. The van der Waals surface area contributed by atoms with Crippen LogP contribution in [0.1, 0.15) is 18.1 Å². The average molecular weight is 452 g/mol. The average Bonchev–Trinajstić information content (AvgIpc) is 2.79. The van der Waals surface area contributed by atoms with Gasteiger partial charge in [-0.25, -0.2) is 0 Å². The molecule has 0 spiro atoms. The Morgan fingerprint density at radius 1 is 0.969 bits per heavy atom. The Kier molecular flexibility index (Phi) is 7.89. The lowest BCUT2D eigenvalue weighted by molar-refractivity contribution is -0.132. The second-order valence-corrected chi connectivity index (χ2v) is 7.10. The summed E-state index contributed by atoms with van der Waals surface area (Å²) in [5.41, 5.74) is 2.10. The molecule has 7 heteroatoms. The first-order valence-electron chi connectivity index (χ1n) is 9.77. The van der Waals surface area contributed by atoms with Crippen molar-refractivity contribution in [3.8, 4) is 17.2 Å². The van der Waals surface area contributed by atoms with Crippen molar-refractivity contribution < 1.29 is 23.8 Å². The van der Waals surface area contributed by atoms with Gasteiger partial charge in [-0.1, -0.05) is 54.1 Å². The van der Waals surface area contributed by atoms with Crippen molar-refractivity contribution in [3.63, 3.8) is 0 Å². The zero-order chi connectivity index (χ0) is 22.9. The predicted molar refractivity (Wildman–Crippen MR) is 124 cm³/mol. The van der Waals surface area contributed by atoms with Gasteiger partial charge in [0.1, 0.15) is 17.4 Å². The lowest BCUT2D eigenvalue weighted by atomic mass is 10.2. The van der Waals surface area contributed by atoms with E-state index in [1.165, 1.54) is 20.1 Å². The molecule has 3 rings (SSSR count). The van der Waals surface area contributed by atoms with Crippen molar-refractivity contribution in [1.29, 1.82) is 0 Å². The molecule has 0 heterocycles. The van der Waals surface area contributed by atoms with Gasteiger partial charge in [-0.2, -0.15) is 0 Å². The fourth-order valence-electron chi connectivity index (χ4n) is 2.83. The SMILES string of the molecule is COc1ccc(C=CC(=O)Nc2cccc(OCc3ccccc3)c2Cl)cc1OC(C)=O. The minimum Gasteiger partial charge on any atom is -0.493 e. The van der Waals surface area contributed by atoms with Gasteiger partial charge < -0.3 is 19.5 Å². The van der Waals surface area contributed by atoms with Gasteiger partial charge in [-0.05, 0) is 41.5 Å². The highest BCUT2D eigenvalue weighted by molar-refractivity contribution is 6.35. The van der Waals surface area contributed by atoms with Crippen LogP contribution < -0.4 is 19.5 Å². The van der Waals surface area contributed by atoms with Crippen LogP contribution in [0.25, 0.3) is 6.08 Å². The van der Waals surface area contributed by atoms with Crippen LogP contribution in [0.3, 0.4) is 0 Å². The van der Waals surface area contributed by atoms with Gasteiger partial charge in [0.15, 0.2) is 11.5 Å². The number of carbonyl (C=O) groups excluding carboxylic acids is 2. The number of nitrogens with one attached hydrogen (secondary N) is 1. The summed E-state index contributed by atoms with van der Waals surface area (Å²) in [4.78, 5) is 23.7. The Bertz CT molecular complexity index is 1130. The first-order valence-corrected chi connectivity index (χ1v) is 10.1. The Balaban J connectivity index is 1.67. The Labute approximate surface area is 191 Å². The highest BCUT2D eigenvalue weighted by atomic mass is 35.5. The molecular formula is C25H22ClNO5. The maximum atomic E-state index is 12.4. The number of halogens is 1. The monoisotopic (exact) mass is 451 g/mol. The number of methoxy groups -OCH3 is 1. The Morgan fingerprint density at radius 2 is 1.75 bits per heavy atom. The van der Waals surface area contributed by atoms with Crippen LogP contribution in [-0.4, -0.2) is 19.0 Å². The van der Waals surface area contributed by atoms with Crippen molar-refractivity contribution in [2.75, 3.05) is 12.4 Å². The van der Waals surface area contributed by atoms with Crippen LogP contribution in [0, 0.1) is 0 Å². The van der Waals surface area contributed by atoms with E-state index < -0.39 is 5.97 Å². The van der Waals surface area contributed by atoms with Crippen LogP contribution in [-0.2, 0) is 16.2 Å². The fraction of sp³-hybridized carbons (Fsp3) is 0.120. The maximum absolute atomic E-state index is 12.4. The van der Waals surface area contributed by atoms with E-state index in [-0.39, 0.29) is 11.7 Å². The van der Waals surface area contributed by atoms with Gasteiger partial charge in [0, 0.05) is 13.0 Å². The lowest BCUT2D eigenvalue weighted by Crippen LogP contribution is -2.08. The van der Waals surface area contributed by atoms with Crippen LogP contribution in [0.2, 0.25) is 5.02 Å². The quantitative estimate of drug-likeness (QED) is 0.278. The largest absolute Gasteiger partial charge is 0.493 e. The molecule has 0 saturated carbocycles. The van der Waals surface area contributed by atoms with Gasteiger partial charge in [-0.15, -0.1) is 0 Å². The van der Waals surface area contributed by atoms with Crippen molar-refractivity contribution in [2.24, 2.45) is 0 Å². The molecule has 0 aliphatic carbocycles. The van der Waals surface area contributed by atoms with E-state index in [1.807, 2.05) is 30.3 Å². The molecule has 3 aromatic carbocycles. The molecular weight excluding hydrogens is 430 g/mol. The van der Waals surface area contributed by atoms with E-state index >= 15 is 0 Å². The van der Waals surface area contributed by atoms with E-state index in [2.05, 4.69) is 5.32 Å². The second-order valence-electron chi connectivity index (χ2n) is 6.72. The molecule has 0 fully saturated rings. The molecule has 0 atom stereocenters. The van der Waals surface area contributed by atoms with Gasteiger partial charge in [0.2, 0.25) is 5.91 Å². The number of carbonyl (C=O) groups is 2. The standard InChI is InChI=1S/C25H22ClNO5/c1-17(28)32-23-15-18(11-13-21(23)30-2)12-14-24(29)27-20-9-6-10-22(25(20)26)31-16-19-7-4-3-5-8-19/h3-15H,16H2,1-2H3,(H,27,29). The number of rotatable bonds is 8. The number of esters is 1. The van der Waals surface area contributed by atoms with Crippen LogP contribution >= 0.6 is 11.6 Å². The Hall–Kier alpha value is -3.77. The zero-order valence-corrected chi connectivity index (χ0v) is 18.4. The minimum absolute atomic E-state index is 0.272. The number of amides is 1. The minimum atomic E-state index is -0.467. The molecule has 0 aliphatic heterocycles. The summed E-state index contributed by atoms with van der Waals surface area (Å²) in [6.07, 6.45) is 2.94. The molecule has 1 amide bonds. The van der Waals surface area contributed by atoms with Gasteiger partial charge in [-0.3, -0.25) is 9.59 Å². The number of hydrogen-bond donors (Lipinski definition) is 1. The third-order valence-corrected chi connectivity index (χ3v) is 4.72. The van der Waals surface area contributed by atoms with Crippen molar-refractivity contribution >= 4 is 35.2 Å². The highest BCUT2D eigenvalue weighted by Crippen LogP contribution is 2.33. The second kappa shape index (κ2) is 11.0. The fourth-order valence-corrected chi connectivity index (χ4v) is 3.06. The summed E-state index contributed by atoms with van der Waals surface area (Å²) in [7, 11) is 1.48. The highest BCUT2D eigenvalue weighted by Gasteiger charge is 2.10. The maximum Gasteiger partial charge on any atom is 0.308 e. The predicted octanol–water partition coefficient (Wildman–Crippen LogP) is 5.50. The molecule has 164 valence electrons. The van der Waals surface area contributed by atoms with Crippen LogP contribution in [0.15, 0.2) is 72.8 Å². The number of ether oxygens (including phenoxy) is 3. The van der Waals surface area contributed by atoms with E-state index in [0.29, 0.717) is 34.4 Å². The summed E-state index contributed by atoms with van der Waals surface area (Å²) in [5.74, 6) is 0.316. The smallest absolute Gasteiger partial charge is 0.308 e. The zero-order valence-electron chi connectivity index (χ0n) is 17.6. The first-order chi connectivity index (χ1) is 15.5. The first kappa shape index (κ1) is 22.9. The third kappa shape index (κ3) is 6.36. The molecule has 0 aromatic heterocycles. The third-order valence-electron chi connectivity index (χ3n) is 4.33. The molecule has 32 heavy (non-hydrogen) atoms. The molecule has 0 unspecified atom stereocenters. The summed E-state index contributed by atoms with van der Waals surface area (Å²) in [6, 6.07) is 19.9. The van der Waals surface area contributed by atoms with E-state index in [4.69, 9.17) is 25.8 Å².